The Morgan fingerprint density at radius 1 is 1.43 bits per heavy atom. The van der Waals surface area contributed by atoms with Crippen LogP contribution >= 0.6 is 0 Å². The third-order valence-electron chi connectivity index (χ3n) is 4.20. The fourth-order valence-corrected chi connectivity index (χ4v) is 3.17. The summed E-state index contributed by atoms with van der Waals surface area (Å²) < 4.78 is 1.82. The van der Waals surface area contributed by atoms with E-state index in [-0.39, 0.29) is 17.9 Å². The highest BCUT2D eigenvalue weighted by atomic mass is 16.3. The molecule has 7 heteroatoms. The molecule has 0 spiro atoms. The first-order valence-electron chi connectivity index (χ1n) is 7.83. The summed E-state index contributed by atoms with van der Waals surface area (Å²) in [5.41, 5.74) is 0.866. The molecule has 2 N–H and O–H groups in total. The van der Waals surface area contributed by atoms with Crippen LogP contribution in [0.4, 0.5) is 0 Å². The quantitative estimate of drug-likeness (QED) is 0.885. The zero-order valence-corrected chi connectivity index (χ0v) is 13.3. The van der Waals surface area contributed by atoms with E-state index < -0.39 is 6.10 Å². The van der Waals surface area contributed by atoms with Gasteiger partial charge in [-0.3, -0.25) is 9.78 Å². The highest BCUT2D eigenvalue weighted by Crippen LogP contribution is 2.33. The largest absolute Gasteiger partial charge is 0.391 e. The Balaban J connectivity index is 1.88. The lowest BCUT2D eigenvalue weighted by atomic mass is 9.83. The monoisotopic (exact) mass is 315 g/mol. The van der Waals surface area contributed by atoms with Crippen LogP contribution in [0, 0.1) is 6.92 Å². The molecular formula is C16H21N5O2. The molecule has 1 amide bonds. The molecule has 0 aromatic carbocycles. The molecular weight excluding hydrogens is 294 g/mol. The van der Waals surface area contributed by atoms with Crippen molar-refractivity contribution in [2.45, 2.75) is 51.2 Å². The predicted molar refractivity (Wildman–Crippen MR) is 84.1 cm³/mol. The van der Waals surface area contributed by atoms with Gasteiger partial charge in [0, 0.05) is 19.0 Å². The summed E-state index contributed by atoms with van der Waals surface area (Å²) in [4.78, 5) is 20.0. The Hall–Kier alpha value is -2.28. The van der Waals surface area contributed by atoms with Gasteiger partial charge in [-0.1, -0.05) is 0 Å². The zero-order valence-electron chi connectivity index (χ0n) is 13.3. The standard InChI is InChI=1S/C16H21N5O2/c1-10-18-16(21(20-10)13-4-3-7-17-9-13)12-5-6-15(23)14(8-12)19-11(2)22/h3-4,7,9,12,14-15,23H,5-6,8H2,1-2H3,(H,19,22)/t12-,14+,15+/m0/s1. The molecule has 3 rings (SSSR count). The molecule has 0 unspecified atom stereocenters. The van der Waals surface area contributed by atoms with Gasteiger partial charge in [-0.2, -0.15) is 5.10 Å². The van der Waals surface area contributed by atoms with Crippen LogP contribution in [-0.2, 0) is 4.79 Å². The Morgan fingerprint density at radius 2 is 2.26 bits per heavy atom. The van der Waals surface area contributed by atoms with Crippen molar-refractivity contribution in [3.8, 4) is 5.69 Å². The molecule has 122 valence electrons. The third kappa shape index (κ3) is 3.39. The van der Waals surface area contributed by atoms with E-state index in [4.69, 9.17) is 0 Å². The molecule has 0 bridgehead atoms. The Morgan fingerprint density at radius 3 is 2.96 bits per heavy atom. The highest BCUT2D eigenvalue weighted by molar-refractivity contribution is 5.73. The van der Waals surface area contributed by atoms with Gasteiger partial charge < -0.3 is 10.4 Å². The third-order valence-corrected chi connectivity index (χ3v) is 4.20. The second kappa shape index (κ2) is 6.45. The lowest BCUT2D eigenvalue weighted by Gasteiger charge is -2.33. The molecule has 23 heavy (non-hydrogen) atoms. The fourth-order valence-electron chi connectivity index (χ4n) is 3.17. The number of pyridine rings is 1. The summed E-state index contributed by atoms with van der Waals surface area (Å²) >= 11 is 0. The number of aromatic nitrogens is 4. The van der Waals surface area contributed by atoms with E-state index >= 15 is 0 Å². The summed E-state index contributed by atoms with van der Waals surface area (Å²) in [6.45, 7) is 3.33. The van der Waals surface area contributed by atoms with Gasteiger partial charge in [0.05, 0.1) is 24.0 Å². The van der Waals surface area contributed by atoms with Gasteiger partial charge in [-0.05, 0) is 38.3 Å². The summed E-state index contributed by atoms with van der Waals surface area (Å²) in [6, 6.07) is 3.56. The Labute approximate surface area is 134 Å². The zero-order chi connectivity index (χ0) is 16.4. The van der Waals surface area contributed by atoms with Crippen LogP contribution in [0.2, 0.25) is 0 Å². The Kier molecular flexibility index (Phi) is 4.38. The van der Waals surface area contributed by atoms with E-state index in [9.17, 15) is 9.90 Å². The van der Waals surface area contributed by atoms with E-state index in [1.165, 1.54) is 6.92 Å². The molecule has 2 aromatic heterocycles. The van der Waals surface area contributed by atoms with Crippen LogP contribution in [0.25, 0.3) is 5.69 Å². The van der Waals surface area contributed by atoms with E-state index in [0.717, 1.165) is 17.9 Å². The van der Waals surface area contributed by atoms with Crippen LogP contribution in [0.5, 0.6) is 0 Å². The van der Waals surface area contributed by atoms with Crippen molar-refractivity contribution in [2.75, 3.05) is 0 Å². The van der Waals surface area contributed by atoms with Crippen LogP contribution in [0.1, 0.15) is 43.8 Å². The van der Waals surface area contributed by atoms with Gasteiger partial charge in [-0.15, -0.1) is 0 Å². The van der Waals surface area contributed by atoms with E-state index in [1.54, 1.807) is 12.4 Å². The van der Waals surface area contributed by atoms with E-state index in [1.807, 2.05) is 23.7 Å². The van der Waals surface area contributed by atoms with Crippen molar-refractivity contribution >= 4 is 5.91 Å². The van der Waals surface area contributed by atoms with Crippen molar-refractivity contribution in [1.82, 2.24) is 25.1 Å². The number of hydrogen-bond donors (Lipinski definition) is 2. The van der Waals surface area contributed by atoms with Crippen LogP contribution < -0.4 is 5.32 Å². The van der Waals surface area contributed by atoms with Crippen LogP contribution in [0.3, 0.4) is 0 Å². The van der Waals surface area contributed by atoms with Gasteiger partial charge in [0.1, 0.15) is 11.6 Å². The Bertz CT molecular complexity index is 685. The SMILES string of the molecule is CC(=O)N[C@@H]1C[C@@H](c2nc(C)nn2-c2cccnc2)CC[C@H]1O. The molecule has 1 saturated carbocycles. The number of aliphatic hydroxyl groups is 1. The number of aryl methyl sites for hydroxylation is 1. The molecule has 3 atom stereocenters. The topological polar surface area (TPSA) is 92.9 Å². The number of hydrogen-bond acceptors (Lipinski definition) is 5. The molecule has 2 heterocycles. The van der Waals surface area contributed by atoms with Crippen molar-refractivity contribution in [2.24, 2.45) is 0 Å². The minimum absolute atomic E-state index is 0.125. The maximum absolute atomic E-state index is 11.3. The number of carbonyl (C=O) groups excluding carboxylic acids is 1. The lowest BCUT2D eigenvalue weighted by Crippen LogP contribution is -2.46. The van der Waals surface area contributed by atoms with E-state index in [0.29, 0.717) is 18.7 Å². The number of nitrogens with one attached hydrogen (secondary N) is 1. The lowest BCUT2D eigenvalue weighted by molar-refractivity contribution is -0.121. The molecule has 1 aliphatic carbocycles. The van der Waals surface area contributed by atoms with Gasteiger partial charge in [-0.25, -0.2) is 9.67 Å². The first kappa shape index (κ1) is 15.6. The summed E-state index contributed by atoms with van der Waals surface area (Å²) in [7, 11) is 0. The van der Waals surface area contributed by atoms with Crippen molar-refractivity contribution in [3.05, 3.63) is 36.2 Å². The predicted octanol–water partition coefficient (Wildman–Crippen LogP) is 1.10. The molecule has 1 aliphatic rings. The average Bonchev–Trinajstić information content (AvgIpc) is 2.92. The summed E-state index contributed by atoms with van der Waals surface area (Å²) in [5, 5.41) is 17.4. The van der Waals surface area contributed by atoms with Gasteiger partial charge in [0.15, 0.2) is 0 Å². The first-order valence-corrected chi connectivity index (χ1v) is 7.83. The molecule has 7 nitrogen and oxygen atoms in total. The average molecular weight is 315 g/mol. The number of carbonyl (C=O) groups is 1. The maximum Gasteiger partial charge on any atom is 0.217 e. The van der Waals surface area contributed by atoms with Gasteiger partial charge in [0.2, 0.25) is 5.91 Å². The second-order valence-corrected chi connectivity index (χ2v) is 6.02. The molecule has 2 aromatic rings. The first-order chi connectivity index (χ1) is 11.0. The highest BCUT2D eigenvalue weighted by Gasteiger charge is 2.33. The summed E-state index contributed by atoms with van der Waals surface area (Å²) in [5.74, 6) is 1.57. The molecule has 0 aliphatic heterocycles. The maximum atomic E-state index is 11.3. The van der Waals surface area contributed by atoms with E-state index in [2.05, 4.69) is 20.4 Å². The number of amides is 1. The van der Waals surface area contributed by atoms with Gasteiger partial charge >= 0.3 is 0 Å². The smallest absolute Gasteiger partial charge is 0.217 e. The molecule has 0 saturated heterocycles. The minimum atomic E-state index is -0.508. The summed E-state index contributed by atoms with van der Waals surface area (Å²) in [6.07, 6.45) is 5.06. The number of aliphatic hydroxyl groups excluding tert-OH is 1. The van der Waals surface area contributed by atoms with Crippen molar-refractivity contribution in [1.29, 1.82) is 0 Å². The molecule has 1 fully saturated rings. The van der Waals surface area contributed by atoms with Crippen LogP contribution in [0.15, 0.2) is 24.5 Å². The second-order valence-electron chi connectivity index (χ2n) is 6.02. The van der Waals surface area contributed by atoms with Crippen LogP contribution in [-0.4, -0.2) is 42.9 Å². The van der Waals surface area contributed by atoms with Crippen molar-refractivity contribution in [3.63, 3.8) is 0 Å². The molecule has 0 radical (unpaired) electrons. The minimum Gasteiger partial charge on any atom is -0.391 e. The normalized spacial score (nSPS) is 24.4. The number of nitrogens with zero attached hydrogens (tertiary/aromatic N) is 4. The van der Waals surface area contributed by atoms with Crippen molar-refractivity contribution < 1.29 is 9.90 Å². The number of rotatable bonds is 3. The van der Waals surface area contributed by atoms with Gasteiger partial charge in [0.25, 0.3) is 0 Å². The fraction of sp³-hybridized carbons (Fsp3) is 0.500.